The van der Waals surface area contributed by atoms with Gasteiger partial charge in [-0.25, -0.2) is 0 Å². The smallest absolute Gasteiger partial charge is 0.229 e. The molecule has 0 unspecified atom stereocenters. The molecule has 29 heavy (non-hydrogen) atoms. The largest absolute Gasteiger partial charge is 0.497 e. The van der Waals surface area contributed by atoms with Crippen molar-refractivity contribution in [1.29, 1.82) is 0 Å². The van der Waals surface area contributed by atoms with Crippen LogP contribution < -0.4 is 15.4 Å². The van der Waals surface area contributed by atoms with Gasteiger partial charge in [-0.1, -0.05) is 42.5 Å². The lowest BCUT2D eigenvalue weighted by atomic mass is 9.75. The number of rotatable bonds is 8. The van der Waals surface area contributed by atoms with E-state index in [4.69, 9.17) is 9.47 Å². The van der Waals surface area contributed by atoms with Crippen LogP contribution in [0.5, 0.6) is 5.75 Å². The van der Waals surface area contributed by atoms with Crippen LogP contribution in [0.2, 0.25) is 0 Å². The first-order valence-electron chi connectivity index (χ1n) is 10.5. The molecular formula is C24H30N2O3. The number of benzene rings is 2. The van der Waals surface area contributed by atoms with Crippen molar-refractivity contribution in [2.75, 3.05) is 20.2 Å². The Morgan fingerprint density at radius 2 is 1.90 bits per heavy atom. The molecule has 1 saturated carbocycles. The van der Waals surface area contributed by atoms with Crippen LogP contribution in [0.15, 0.2) is 54.6 Å². The molecule has 2 atom stereocenters. The van der Waals surface area contributed by atoms with Crippen molar-refractivity contribution >= 4 is 5.91 Å². The fourth-order valence-electron chi connectivity index (χ4n) is 4.36. The Labute approximate surface area is 172 Å². The standard InChI is InChI=1S/C24H30N2O3/c1-28-20-10-5-9-19(13-20)14-24(16-25-17-24)23(27)26-21-11-6-12-22(21)29-15-18-7-3-2-4-8-18/h2-5,7-10,13,21-22,25H,6,11-12,14-17H2,1H3,(H,26,27)/t21-,22-/m1/s1. The Bertz CT molecular complexity index is 820. The fourth-order valence-corrected chi connectivity index (χ4v) is 4.36. The zero-order chi connectivity index (χ0) is 20.1. The number of hydrogen-bond donors (Lipinski definition) is 2. The van der Waals surface area contributed by atoms with Gasteiger partial charge in [0.15, 0.2) is 0 Å². The van der Waals surface area contributed by atoms with Gasteiger partial charge in [0.1, 0.15) is 5.75 Å². The molecule has 1 heterocycles. The molecule has 154 valence electrons. The third-order valence-electron chi connectivity index (χ3n) is 6.16. The maximum atomic E-state index is 13.2. The van der Waals surface area contributed by atoms with Crippen LogP contribution in [0.3, 0.4) is 0 Å². The summed E-state index contributed by atoms with van der Waals surface area (Å²) < 4.78 is 11.5. The minimum Gasteiger partial charge on any atom is -0.497 e. The van der Waals surface area contributed by atoms with Gasteiger partial charge in [0.2, 0.25) is 5.91 Å². The van der Waals surface area contributed by atoms with Gasteiger partial charge in [0.05, 0.1) is 31.3 Å². The molecule has 1 saturated heterocycles. The Balaban J connectivity index is 1.37. The maximum absolute atomic E-state index is 13.2. The van der Waals surface area contributed by atoms with E-state index in [-0.39, 0.29) is 23.5 Å². The molecule has 1 aliphatic heterocycles. The number of ether oxygens (including phenoxy) is 2. The van der Waals surface area contributed by atoms with Crippen LogP contribution in [0.25, 0.3) is 0 Å². The fraction of sp³-hybridized carbons (Fsp3) is 0.458. The summed E-state index contributed by atoms with van der Waals surface area (Å²) in [6.07, 6.45) is 3.87. The number of amides is 1. The molecule has 0 bridgehead atoms. The second-order valence-electron chi connectivity index (χ2n) is 8.26. The van der Waals surface area contributed by atoms with Crippen LogP contribution in [0.1, 0.15) is 30.4 Å². The monoisotopic (exact) mass is 394 g/mol. The van der Waals surface area contributed by atoms with E-state index in [2.05, 4.69) is 28.8 Å². The molecule has 1 amide bonds. The van der Waals surface area contributed by atoms with Crippen molar-refractivity contribution in [3.05, 3.63) is 65.7 Å². The van der Waals surface area contributed by atoms with Gasteiger partial charge in [-0.2, -0.15) is 0 Å². The third-order valence-corrected chi connectivity index (χ3v) is 6.16. The first-order valence-corrected chi connectivity index (χ1v) is 10.5. The summed E-state index contributed by atoms with van der Waals surface area (Å²) in [4.78, 5) is 13.2. The molecule has 5 nitrogen and oxygen atoms in total. The van der Waals surface area contributed by atoms with Gasteiger partial charge in [-0.3, -0.25) is 4.79 Å². The van der Waals surface area contributed by atoms with E-state index in [1.165, 1.54) is 5.56 Å². The Kier molecular flexibility index (Phi) is 6.16. The number of nitrogens with one attached hydrogen (secondary N) is 2. The molecular weight excluding hydrogens is 364 g/mol. The van der Waals surface area contributed by atoms with Crippen LogP contribution in [-0.4, -0.2) is 38.3 Å². The third kappa shape index (κ3) is 4.62. The molecule has 2 aromatic rings. The second-order valence-corrected chi connectivity index (χ2v) is 8.26. The summed E-state index contributed by atoms with van der Waals surface area (Å²) in [5, 5.41) is 6.61. The molecule has 2 fully saturated rings. The van der Waals surface area contributed by atoms with E-state index in [0.29, 0.717) is 26.1 Å². The lowest BCUT2D eigenvalue weighted by Gasteiger charge is -2.42. The number of carbonyl (C=O) groups excluding carboxylic acids is 1. The average molecular weight is 395 g/mol. The zero-order valence-electron chi connectivity index (χ0n) is 17.0. The Morgan fingerprint density at radius 3 is 2.62 bits per heavy atom. The first kappa shape index (κ1) is 19.9. The van der Waals surface area contributed by atoms with Gasteiger partial charge in [0.25, 0.3) is 0 Å². The van der Waals surface area contributed by atoms with E-state index >= 15 is 0 Å². The topological polar surface area (TPSA) is 59.6 Å². The van der Waals surface area contributed by atoms with E-state index in [0.717, 1.165) is 30.6 Å². The van der Waals surface area contributed by atoms with E-state index < -0.39 is 0 Å². The maximum Gasteiger partial charge on any atom is 0.229 e. The number of hydrogen-bond acceptors (Lipinski definition) is 4. The summed E-state index contributed by atoms with van der Waals surface area (Å²) in [7, 11) is 1.67. The van der Waals surface area contributed by atoms with E-state index in [1.54, 1.807) is 7.11 Å². The Hall–Kier alpha value is -2.37. The van der Waals surface area contributed by atoms with Crippen molar-refractivity contribution in [1.82, 2.24) is 10.6 Å². The minimum atomic E-state index is -0.390. The summed E-state index contributed by atoms with van der Waals surface area (Å²) in [5.74, 6) is 0.967. The highest BCUT2D eigenvalue weighted by atomic mass is 16.5. The minimum absolute atomic E-state index is 0.0843. The molecule has 5 heteroatoms. The summed E-state index contributed by atoms with van der Waals surface area (Å²) in [6.45, 7) is 2.00. The molecule has 2 aliphatic rings. The van der Waals surface area contributed by atoms with Crippen molar-refractivity contribution in [2.45, 2.75) is 44.4 Å². The van der Waals surface area contributed by atoms with Gasteiger partial charge >= 0.3 is 0 Å². The van der Waals surface area contributed by atoms with E-state index in [1.807, 2.05) is 36.4 Å². The first-order chi connectivity index (χ1) is 14.2. The highest BCUT2D eigenvalue weighted by Crippen LogP contribution is 2.31. The van der Waals surface area contributed by atoms with Crippen molar-refractivity contribution in [3.63, 3.8) is 0 Å². The number of methoxy groups -OCH3 is 1. The Morgan fingerprint density at radius 1 is 1.10 bits per heavy atom. The normalized spacial score (nSPS) is 22.7. The van der Waals surface area contributed by atoms with E-state index in [9.17, 15) is 4.79 Å². The average Bonchev–Trinajstić information content (AvgIpc) is 3.17. The quantitative estimate of drug-likeness (QED) is 0.722. The van der Waals surface area contributed by atoms with Crippen molar-refractivity contribution in [2.24, 2.45) is 5.41 Å². The molecule has 0 aromatic heterocycles. The SMILES string of the molecule is COc1cccc(CC2(C(=O)N[C@@H]3CCC[C@H]3OCc3ccccc3)CNC2)c1. The van der Waals surface area contributed by atoms with Gasteiger partial charge < -0.3 is 20.1 Å². The summed E-state index contributed by atoms with van der Waals surface area (Å²) >= 11 is 0. The number of carbonyl (C=O) groups is 1. The predicted molar refractivity (Wildman–Crippen MR) is 113 cm³/mol. The molecule has 2 N–H and O–H groups in total. The van der Waals surface area contributed by atoms with Gasteiger partial charge in [-0.05, 0) is 48.9 Å². The summed E-state index contributed by atoms with van der Waals surface area (Å²) in [5.41, 5.74) is 1.91. The lowest BCUT2D eigenvalue weighted by Crippen LogP contribution is -2.64. The van der Waals surface area contributed by atoms with Crippen LogP contribution in [0.4, 0.5) is 0 Å². The summed E-state index contributed by atoms with van der Waals surface area (Å²) in [6, 6.07) is 18.3. The van der Waals surface area contributed by atoms with Gasteiger partial charge in [-0.15, -0.1) is 0 Å². The molecule has 2 aromatic carbocycles. The van der Waals surface area contributed by atoms with Crippen molar-refractivity contribution < 1.29 is 14.3 Å². The second kappa shape index (κ2) is 8.97. The molecule has 0 radical (unpaired) electrons. The highest BCUT2D eigenvalue weighted by Gasteiger charge is 2.45. The molecule has 1 aliphatic carbocycles. The lowest BCUT2D eigenvalue weighted by molar-refractivity contribution is -0.135. The molecule has 4 rings (SSSR count). The van der Waals surface area contributed by atoms with Crippen LogP contribution in [-0.2, 0) is 22.6 Å². The zero-order valence-corrected chi connectivity index (χ0v) is 17.0. The highest BCUT2D eigenvalue weighted by molar-refractivity contribution is 5.85. The van der Waals surface area contributed by atoms with Crippen LogP contribution in [0, 0.1) is 5.41 Å². The van der Waals surface area contributed by atoms with Gasteiger partial charge in [0, 0.05) is 13.1 Å². The van der Waals surface area contributed by atoms with Crippen molar-refractivity contribution in [3.8, 4) is 5.75 Å². The molecule has 0 spiro atoms. The predicted octanol–water partition coefficient (Wildman–Crippen LogP) is 3.08. The van der Waals surface area contributed by atoms with Crippen LogP contribution >= 0.6 is 0 Å².